The van der Waals surface area contributed by atoms with Crippen molar-refractivity contribution in [1.29, 1.82) is 0 Å². The molecule has 0 unspecified atom stereocenters. The number of carboxylic acids is 1. The molecule has 6 nitrogen and oxygen atoms in total. The van der Waals surface area contributed by atoms with Crippen LogP contribution in [0.4, 0.5) is 5.69 Å². The number of fused-ring (bicyclic) bond motifs is 1. The van der Waals surface area contributed by atoms with Crippen LogP contribution in [-0.4, -0.2) is 26.0 Å². The van der Waals surface area contributed by atoms with Crippen molar-refractivity contribution in [3.63, 3.8) is 0 Å². The van der Waals surface area contributed by atoms with Crippen molar-refractivity contribution < 1.29 is 23.1 Å². The molecule has 0 radical (unpaired) electrons. The Hall–Kier alpha value is -3.84. The van der Waals surface area contributed by atoms with Crippen molar-refractivity contribution in [2.24, 2.45) is 0 Å². The summed E-state index contributed by atoms with van der Waals surface area (Å²) >= 11 is 0. The third-order valence-corrected chi connectivity index (χ3v) is 6.46. The molecule has 31 heavy (non-hydrogen) atoms. The van der Waals surface area contributed by atoms with E-state index in [-0.39, 0.29) is 10.6 Å². The van der Waals surface area contributed by atoms with Crippen LogP contribution in [0.2, 0.25) is 0 Å². The quantitative estimate of drug-likeness (QED) is 0.448. The summed E-state index contributed by atoms with van der Waals surface area (Å²) in [6.45, 7) is -0.700. The minimum absolute atomic E-state index is 0.0251. The predicted molar refractivity (Wildman–Crippen MR) is 119 cm³/mol. The van der Waals surface area contributed by atoms with Crippen LogP contribution in [0.3, 0.4) is 0 Å². The van der Waals surface area contributed by atoms with Crippen LogP contribution >= 0.6 is 0 Å². The van der Waals surface area contributed by atoms with Gasteiger partial charge < -0.3 is 9.84 Å². The third-order valence-electron chi connectivity index (χ3n) is 4.69. The van der Waals surface area contributed by atoms with Crippen LogP contribution < -0.4 is 9.04 Å². The first-order valence-electron chi connectivity index (χ1n) is 9.50. The lowest BCUT2D eigenvalue weighted by Crippen LogP contribution is -2.35. The second kappa shape index (κ2) is 8.49. The van der Waals surface area contributed by atoms with Gasteiger partial charge >= 0.3 is 5.97 Å². The van der Waals surface area contributed by atoms with Gasteiger partial charge in [0.25, 0.3) is 10.0 Å². The zero-order valence-corrected chi connectivity index (χ0v) is 17.2. The molecule has 0 heterocycles. The Kier molecular flexibility index (Phi) is 5.60. The highest BCUT2D eigenvalue weighted by molar-refractivity contribution is 7.92. The minimum Gasteiger partial charge on any atom is -0.480 e. The molecule has 0 aliphatic heterocycles. The zero-order valence-electron chi connectivity index (χ0n) is 16.4. The fraction of sp³-hybridized carbons (Fsp3) is 0.0417. The standard InChI is InChI=1S/C24H19NO5S/c26-24(27)17-25(20-11-13-22(14-12-20)30-21-8-2-1-3-9-21)31(28,29)23-15-10-18-6-4-5-7-19(18)16-23/h1-16H,17H2,(H,26,27). The highest BCUT2D eigenvalue weighted by atomic mass is 32.2. The van der Waals surface area contributed by atoms with Crippen LogP contribution in [0.15, 0.2) is 102 Å². The lowest BCUT2D eigenvalue weighted by Gasteiger charge is -2.23. The van der Waals surface area contributed by atoms with Gasteiger partial charge in [-0.15, -0.1) is 0 Å². The number of anilines is 1. The van der Waals surface area contributed by atoms with Crippen LogP contribution in [0, 0.1) is 0 Å². The summed E-state index contributed by atoms with van der Waals surface area (Å²) in [5.41, 5.74) is 0.232. The molecule has 0 saturated heterocycles. The van der Waals surface area contributed by atoms with E-state index in [1.807, 2.05) is 42.5 Å². The van der Waals surface area contributed by atoms with Crippen LogP contribution in [0.25, 0.3) is 10.8 Å². The number of sulfonamides is 1. The molecular formula is C24H19NO5S. The van der Waals surface area contributed by atoms with E-state index in [4.69, 9.17) is 4.74 Å². The van der Waals surface area contributed by atoms with E-state index < -0.39 is 22.5 Å². The number of carbonyl (C=O) groups is 1. The number of ether oxygens (including phenoxy) is 1. The molecule has 4 aromatic rings. The number of hydrogen-bond donors (Lipinski definition) is 1. The number of carboxylic acid groups (broad SMARTS) is 1. The first-order chi connectivity index (χ1) is 14.9. The SMILES string of the molecule is O=C(O)CN(c1ccc(Oc2ccccc2)cc1)S(=O)(=O)c1ccc2ccccc2c1. The second-order valence-electron chi connectivity index (χ2n) is 6.82. The number of benzene rings is 4. The van der Waals surface area contributed by atoms with Crippen molar-refractivity contribution in [1.82, 2.24) is 0 Å². The van der Waals surface area contributed by atoms with Gasteiger partial charge in [0.15, 0.2) is 0 Å². The third kappa shape index (κ3) is 4.51. The lowest BCUT2D eigenvalue weighted by atomic mass is 10.1. The Balaban J connectivity index is 1.68. The van der Waals surface area contributed by atoms with Crippen molar-refractivity contribution in [2.75, 3.05) is 10.8 Å². The maximum absolute atomic E-state index is 13.3. The van der Waals surface area contributed by atoms with E-state index in [0.717, 1.165) is 15.1 Å². The topological polar surface area (TPSA) is 83.9 Å². The molecule has 0 atom stereocenters. The average molecular weight is 433 g/mol. The van der Waals surface area contributed by atoms with Crippen molar-refractivity contribution in [3.05, 3.63) is 97.1 Å². The molecule has 0 spiro atoms. The summed E-state index contributed by atoms with van der Waals surface area (Å²) in [5, 5.41) is 11.0. The van der Waals surface area contributed by atoms with E-state index >= 15 is 0 Å². The van der Waals surface area contributed by atoms with Crippen molar-refractivity contribution in [2.45, 2.75) is 4.90 Å². The molecule has 156 valence electrons. The summed E-state index contributed by atoms with van der Waals surface area (Å²) in [4.78, 5) is 11.5. The molecule has 1 N–H and O–H groups in total. The number of nitrogens with zero attached hydrogens (tertiary/aromatic N) is 1. The fourth-order valence-electron chi connectivity index (χ4n) is 3.20. The first kappa shape index (κ1) is 20.4. The zero-order chi connectivity index (χ0) is 21.8. The molecular weight excluding hydrogens is 414 g/mol. The van der Waals surface area contributed by atoms with Gasteiger partial charge in [0, 0.05) is 0 Å². The molecule has 0 amide bonds. The Morgan fingerprint density at radius 1 is 0.774 bits per heavy atom. The summed E-state index contributed by atoms with van der Waals surface area (Å²) in [7, 11) is -4.10. The summed E-state index contributed by atoms with van der Waals surface area (Å²) in [5.74, 6) is -0.108. The van der Waals surface area contributed by atoms with E-state index in [9.17, 15) is 18.3 Å². The van der Waals surface area contributed by atoms with Gasteiger partial charge in [0.05, 0.1) is 10.6 Å². The largest absolute Gasteiger partial charge is 0.480 e. The Morgan fingerprint density at radius 3 is 2.06 bits per heavy atom. The smallest absolute Gasteiger partial charge is 0.324 e. The predicted octanol–water partition coefficient (Wildman–Crippen LogP) is 4.91. The summed E-state index contributed by atoms with van der Waals surface area (Å²) < 4.78 is 33.2. The molecule has 0 aromatic heterocycles. The lowest BCUT2D eigenvalue weighted by molar-refractivity contribution is -0.135. The molecule has 0 aliphatic rings. The van der Waals surface area contributed by atoms with Crippen LogP contribution in [0.5, 0.6) is 11.5 Å². The Morgan fingerprint density at radius 2 is 1.39 bits per heavy atom. The first-order valence-corrected chi connectivity index (χ1v) is 10.9. The van der Waals surface area contributed by atoms with E-state index in [0.29, 0.717) is 11.5 Å². The van der Waals surface area contributed by atoms with E-state index in [1.54, 1.807) is 36.4 Å². The number of aliphatic carboxylic acids is 1. The van der Waals surface area contributed by atoms with Gasteiger partial charge in [-0.2, -0.15) is 0 Å². The Bertz CT molecular complexity index is 1320. The van der Waals surface area contributed by atoms with Gasteiger partial charge in [-0.1, -0.05) is 48.5 Å². The molecule has 0 aliphatic carbocycles. The van der Waals surface area contributed by atoms with Crippen molar-refractivity contribution in [3.8, 4) is 11.5 Å². The highest BCUT2D eigenvalue weighted by Gasteiger charge is 2.27. The van der Waals surface area contributed by atoms with Crippen molar-refractivity contribution >= 4 is 32.5 Å². The number of rotatable bonds is 7. The average Bonchev–Trinajstić information content (AvgIpc) is 2.78. The number of hydrogen-bond acceptors (Lipinski definition) is 4. The molecule has 0 saturated carbocycles. The molecule has 0 fully saturated rings. The normalized spacial score (nSPS) is 11.2. The van der Waals surface area contributed by atoms with Gasteiger partial charge in [-0.3, -0.25) is 9.10 Å². The van der Waals surface area contributed by atoms with Crippen LogP contribution in [-0.2, 0) is 14.8 Å². The van der Waals surface area contributed by atoms with Gasteiger partial charge in [-0.25, -0.2) is 8.42 Å². The van der Waals surface area contributed by atoms with Crippen LogP contribution in [0.1, 0.15) is 0 Å². The summed E-state index contributed by atoms with van der Waals surface area (Å²) in [6.07, 6.45) is 0. The summed E-state index contributed by atoms with van der Waals surface area (Å²) in [6, 6.07) is 27.5. The molecule has 4 rings (SSSR count). The minimum atomic E-state index is -4.10. The molecule has 0 bridgehead atoms. The Labute approximate surface area is 180 Å². The second-order valence-corrected chi connectivity index (χ2v) is 8.69. The van der Waals surface area contributed by atoms with Gasteiger partial charge in [0.1, 0.15) is 18.0 Å². The number of para-hydroxylation sites is 1. The highest BCUT2D eigenvalue weighted by Crippen LogP contribution is 2.29. The van der Waals surface area contributed by atoms with E-state index in [1.165, 1.54) is 18.2 Å². The molecule has 4 aromatic carbocycles. The maximum atomic E-state index is 13.3. The van der Waals surface area contributed by atoms with Gasteiger partial charge in [-0.05, 0) is 59.3 Å². The van der Waals surface area contributed by atoms with E-state index in [2.05, 4.69) is 0 Å². The van der Waals surface area contributed by atoms with Gasteiger partial charge in [0.2, 0.25) is 0 Å². The molecule has 7 heteroatoms. The maximum Gasteiger partial charge on any atom is 0.324 e. The monoisotopic (exact) mass is 433 g/mol. The fourth-order valence-corrected chi connectivity index (χ4v) is 4.65.